The summed E-state index contributed by atoms with van der Waals surface area (Å²) in [6.07, 6.45) is 0.128. The minimum Gasteiger partial charge on any atom is -0.475 e. The summed E-state index contributed by atoms with van der Waals surface area (Å²) in [5.41, 5.74) is 0.823. The Morgan fingerprint density at radius 1 is 1.42 bits per heavy atom. The first-order valence-corrected chi connectivity index (χ1v) is 6.05. The summed E-state index contributed by atoms with van der Waals surface area (Å²) in [6, 6.07) is 0. The van der Waals surface area contributed by atoms with Crippen molar-refractivity contribution in [1.29, 1.82) is 0 Å². The molecule has 2 heterocycles. The Morgan fingerprint density at radius 2 is 2.11 bits per heavy atom. The average molecular weight is 267 g/mol. The predicted octanol–water partition coefficient (Wildman–Crippen LogP) is 1.40. The lowest BCUT2D eigenvalue weighted by atomic mass is 10.1. The van der Waals surface area contributed by atoms with Gasteiger partial charge in [-0.25, -0.2) is 14.6 Å². The number of hydrogen-bond donors (Lipinski definition) is 2. The summed E-state index contributed by atoms with van der Waals surface area (Å²) in [6.45, 7) is 6.19. The van der Waals surface area contributed by atoms with Crippen LogP contribution in [0.25, 0.3) is 0 Å². The fraction of sp³-hybridized carbons (Fsp3) is 0.583. The molecule has 0 saturated carbocycles. The number of H-pyrrole nitrogens is 1. The number of carboxylic acids is 1. The number of carbonyl (C=O) groups excluding carboxylic acids is 1. The zero-order valence-electron chi connectivity index (χ0n) is 11.2. The van der Waals surface area contributed by atoms with E-state index in [-0.39, 0.29) is 5.82 Å². The number of fused-ring (bicyclic) bond motifs is 1. The number of aromatic amines is 1. The molecule has 0 bridgehead atoms. The molecule has 0 unspecified atom stereocenters. The van der Waals surface area contributed by atoms with Crippen LogP contribution in [0.15, 0.2) is 0 Å². The van der Waals surface area contributed by atoms with Crippen LogP contribution >= 0.6 is 0 Å². The molecular weight excluding hydrogens is 250 g/mol. The predicted molar refractivity (Wildman–Crippen MR) is 65.9 cm³/mol. The number of carbonyl (C=O) groups is 2. The third kappa shape index (κ3) is 3.04. The van der Waals surface area contributed by atoms with Crippen molar-refractivity contribution < 1.29 is 19.4 Å². The van der Waals surface area contributed by atoms with Gasteiger partial charge in [0.1, 0.15) is 5.60 Å². The fourth-order valence-electron chi connectivity index (χ4n) is 1.88. The van der Waals surface area contributed by atoms with Crippen LogP contribution in [0.5, 0.6) is 0 Å². The van der Waals surface area contributed by atoms with E-state index in [1.165, 1.54) is 4.90 Å². The molecular formula is C12H17N3O4. The fourth-order valence-corrected chi connectivity index (χ4v) is 1.88. The highest BCUT2D eigenvalue weighted by molar-refractivity contribution is 5.83. The summed E-state index contributed by atoms with van der Waals surface area (Å²) in [5.74, 6) is -1.19. The van der Waals surface area contributed by atoms with Crippen molar-refractivity contribution in [2.75, 3.05) is 6.54 Å². The van der Waals surface area contributed by atoms with Crippen molar-refractivity contribution in [3.05, 3.63) is 17.2 Å². The summed E-state index contributed by atoms with van der Waals surface area (Å²) >= 11 is 0. The number of aromatic nitrogens is 2. The second-order valence-corrected chi connectivity index (χ2v) is 5.47. The monoisotopic (exact) mass is 267 g/mol. The topological polar surface area (TPSA) is 95.5 Å². The summed E-state index contributed by atoms with van der Waals surface area (Å²) in [4.78, 5) is 31.0. The van der Waals surface area contributed by atoms with Crippen LogP contribution in [0.1, 0.15) is 42.8 Å². The van der Waals surface area contributed by atoms with Gasteiger partial charge >= 0.3 is 12.1 Å². The molecule has 7 nitrogen and oxygen atoms in total. The highest BCUT2D eigenvalue weighted by atomic mass is 16.6. The van der Waals surface area contributed by atoms with Gasteiger partial charge in [0.15, 0.2) is 0 Å². The van der Waals surface area contributed by atoms with Crippen LogP contribution in [0.3, 0.4) is 0 Å². The zero-order valence-corrected chi connectivity index (χ0v) is 11.2. The van der Waals surface area contributed by atoms with Gasteiger partial charge in [0.05, 0.1) is 17.9 Å². The Hall–Kier alpha value is -2.05. The molecule has 19 heavy (non-hydrogen) atoms. The van der Waals surface area contributed by atoms with Gasteiger partial charge in [0.25, 0.3) is 0 Å². The smallest absolute Gasteiger partial charge is 0.410 e. The van der Waals surface area contributed by atoms with Gasteiger partial charge in [-0.2, -0.15) is 0 Å². The van der Waals surface area contributed by atoms with Gasteiger partial charge in [-0.1, -0.05) is 0 Å². The molecule has 0 saturated heterocycles. The number of rotatable bonds is 1. The van der Waals surface area contributed by atoms with Gasteiger partial charge in [0.2, 0.25) is 5.82 Å². The Labute approximate surface area is 110 Å². The first-order chi connectivity index (χ1) is 8.76. The van der Waals surface area contributed by atoms with Crippen molar-refractivity contribution in [3.8, 4) is 0 Å². The summed E-state index contributed by atoms with van der Waals surface area (Å²) in [7, 11) is 0. The maximum Gasteiger partial charge on any atom is 0.410 e. The van der Waals surface area contributed by atoms with Crippen molar-refractivity contribution >= 4 is 12.1 Å². The van der Waals surface area contributed by atoms with Crippen LogP contribution < -0.4 is 0 Å². The lowest BCUT2D eigenvalue weighted by Gasteiger charge is -2.29. The summed E-state index contributed by atoms with van der Waals surface area (Å²) in [5, 5.41) is 8.86. The molecule has 2 rings (SSSR count). The van der Waals surface area contributed by atoms with E-state index >= 15 is 0 Å². The van der Waals surface area contributed by atoms with E-state index in [0.717, 1.165) is 0 Å². The number of ether oxygens (including phenoxy) is 1. The van der Waals surface area contributed by atoms with Crippen molar-refractivity contribution in [3.63, 3.8) is 0 Å². The molecule has 1 aromatic rings. The standard InChI is InChI=1S/C12H17N3O4/c1-12(2,3)19-11(18)15-5-4-7-8(6-15)14-9(13-7)10(16)17/h4-6H2,1-3H3,(H,13,14)(H,16,17). The Balaban J connectivity index is 2.09. The Morgan fingerprint density at radius 3 is 2.68 bits per heavy atom. The molecule has 1 amide bonds. The minimum absolute atomic E-state index is 0.0870. The second-order valence-electron chi connectivity index (χ2n) is 5.47. The Kier molecular flexibility index (Phi) is 3.21. The van der Waals surface area contributed by atoms with E-state index in [0.29, 0.717) is 30.9 Å². The first kappa shape index (κ1) is 13.4. The van der Waals surface area contributed by atoms with Gasteiger partial charge in [0, 0.05) is 13.0 Å². The number of nitrogens with one attached hydrogen (secondary N) is 1. The van der Waals surface area contributed by atoms with Gasteiger partial charge in [-0.15, -0.1) is 0 Å². The third-order valence-electron chi connectivity index (χ3n) is 2.69. The normalized spacial score (nSPS) is 15.0. The average Bonchev–Trinajstić information content (AvgIpc) is 2.69. The summed E-state index contributed by atoms with van der Waals surface area (Å²) < 4.78 is 5.28. The molecule has 104 valence electrons. The number of amides is 1. The maximum atomic E-state index is 11.9. The van der Waals surface area contributed by atoms with Crippen molar-refractivity contribution in [2.45, 2.75) is 39.3 Å². The van der Waals surface area contributed by atoms with Crippen molar-refractivity contribution in [2.24, 2.45) is 0 Å². The van der Waals surface area contributed by atoms with Crippen LogP contribution in [-0.4, -0.2) is 44.2 Å². The van der Waals surface area contributed by atoms with Gasteiger partial charge < -0.3 is 19.7 Å². The number of carboxylic acid groups (broad SMARTS) is 1. The Bertz CT molecular complexity index is 516. The molecule has 7 heteroatoms. The molecule has 1 aliphatic rings. The van der Waals surface area contributed by atoms with E-state index < -0.39 is 17.7 Å². The first-order valence-electron chi connectivity index (χ1n) is 6.05. The van der Waals surface area contributed by atoms with E-state index in [1.54, 1.807) is 20.8 Å². The molecule has 0 radical (unpaired) electrons. The molecule has 1 aromatic heterocycles. The number of aromatic carboxylic acids is 1. The molecule has 2 N–H and O–H groups in total. The van der Waals surface area contributed by atoms with E-state index in [4.69, 9.17) is 9.84 Å². The second kappa shape index (κ2) is 4.56. The van der Waals surface area contributed by atoms with E-state index in [2.05, 4.69) is 9.97 Å². The highest BCUT2D eigenvalue weighted by Crippen LogP contribution is 2.19. The quantitative estimate of drug-likeness (QED) is 0.801. The molecule has 0 atom stereocenters. The highest BCUT2D eigenvalue weighted by Gasteiger charge is 2.28. The third-order valence-corrected chi connectivity index (χ3v) is 2.69. The van der Waals surface area contributed by atoms with Crippen molar-refractivity contribution in [1.82, 2.24) is 14.9 Å². The maximum absolute atomic E-state index is 11.9. The lowest BCUT2D eigenvalue weighted by Crippen LogP contribution is -2.39. The van der Waals surface area contributed by atoms with Crippen LogP contribution in [0, 0.1) is 0 Å². The van der Waals surface area contributed by atoms with E-state index in [1.807, 2.05) is 0 Å². The van der Waals surface area contributed by atoms with Gasteiger partial charge in [-0.3, -0.25) is 0 Å². The lowest BCUT2D eigenvalue weighted by molar-refractivity contribution is 0.0221. The zero-order chi connectivity index (χ0) is 14.2. The molecule has 0 fully saturated rings. The van der Waals surface area contributed by atoms with Crippen LogP contribution in [-0.2, 0) is 17.7 Å². The molecule has 0 spiro atoms. The molecule has 0 aliphatic carbocycles. The van der Waals surface area contributed by atoms with Crippen LogP contribution in [0.2, 0.25) is 0 Å². The molecule has 1 aliphatic heterocycles. The molecule has 0 aromatic carbocycles. The number of nitrogens with zero attached hydrogens (tertiary/aromatic N) is 2. The minimum atomic E-state index is -1.10. The number of imidazole rings is 1. The SMILES string of the molecule is CC(C)(C)OC(=O)N1CCc2nc(C(=O)O)[nH]c2C1. The largest absolute Gasteiger partial charge is 0.475 e. The van der Waals surface area contributed by atoms with E-state index in [9.17, 15) is 9.59 Å². The number of hydrogen-bond acceptors (Lipinski definition) is 4. The van der Waals surface area contributed by atoms with Crippen LogP contribution in [0.4, 0.5) is 4.79 Å². The van der Waals surface area contributed by atoms with Gasteiger partial charge in [-0.05, 0) is 20.8 Å².